The van der Waals surface area contributed by atoms with Crippen molar-refractivity contribution in [2.75, 3.05) is 0 Å². The molecule has 0 bridgehead atoms. The van der Waals surface area contributed by atoms with Crippen LogP contribution in [0.3, 0.4) is 0 Å². The molecule has 0 aliphatic carbocycles. The second kappa shape index (κ2) is 6.33. The Balaban J connectivity index is 1.94. The van der Waals surface area contributed by atoms with Gasteiger partial charge in [-0.25, -0.2) is 9.97 Å². The molecule has 0 aliphatic heterocycles. The van der Waals surface area contributed by atoms with Crippen LogP contribution in [0, 0.1) is 0 Å². The van der Waals surface area contributed by atoms with E-state index in [-0.39, 0.29) is 6.10 Å². The van der Waals surface area contributed by atoms with Gasteiger partial charge in [-0.3, -0.25) is 0 Å². The first kappa shape index (κ1) is 13.5. The molecule has 0 saturated heterocycles. The van der Waals surface area contributed by atoms with Crippen LogP contribution in [-0.2, 0) is 20.1 Å². The third-order valence-electron chi connectivity index (χ3n) is 2.72. The van der Waals surface area contributed by atoms with Gasteiger partial charge in [-0.15, -0.1) is 0 Å². The molecule has 5 nitrogen and oxygen atoms in total. The molecule has 19 heavy (non-hydrogen) atoms. The highest BCUT2D eigenvalue weighted by atomic mass is 16.5. The summed E-state index contributed by atoms with van der Waals surface area (Å²) in [4.78, 5) is 8.54. The van der Waals surface area contributed by atoms with Crippen molar-refractivity contribution in [3.8, 4) is 5.88 Å². The van der Waals surface area contributed by atoms with E-state index >= 15 is 0 Å². The average Bonchev–Trinajstić information content (AvgIpc) is 2.77. The molecule has 5 heteroatoms. The van der Waals surface area contributed by atoms with Crippen molar-refractivity contribution in [3.63, 3.8) is 0 Å². The highest BCUT2D eigenvalue weighted by Gasteiger charge is 2.06. The maximum absolute atomic E-state index is 5.68. The fraction of sp³-hybridized carbons (Fsp3) is 0.429. The summed E-state index contributed by atoms with van der Waals surface area (Å²) in [6.45, 7) is 5.43. The van der Waals surface area contributed by atoms with Crippen molar-refractivity contribution >= 4 is 0 Å². The molecule has 1 N–H and O–H groups in total. The molecule has 0 aliphatic rings. The Kier molecular flexibility index (Phi) is 4.52. The van der Waals surface area contributed by atoms with Crippen LogP contribution in [0.1, 0.15) is 25.2 Å². The molecular formula is C14H20N4O. The lowest BCUT2D eigenvalue weighted by atomic mass is 10.2. The van der Waals surface area contributed by atoms with Crippen LogP contribution in [-0.4, -0.2) is 20.6 Å². The standard InChI is InChI=1S/C14H20N4O/c1-11(2)19-14-12(5-4-6-17-14)9-15-10-13-16-7-8-18(13)3/h4-8,11,15H,9-10H2,1-3H3. The van der Waals surface area contributed by atoms with Gasteiger partial charge in [0.25, 0.3) is 0 Å². The van der Waals surface area contributed by atoms with E-state index in [1.54, 1.807) is 12.4 Å². The predicted octanol–water partition coefficient (Wildman–Crippen LogP) is 1.89. The number of nitrogens with one attached hydrogen (secondary N) is 1. The number of hydrogen-bond acceptors (Lipinski definition) is 4. The number of rotatable bonds is 6. The summed E-state index contributed by atoms with van der Waals surface area (Å²) in [5, 5.41) is 3.36. The van der Waals surface area contributed by atoms with Crippen LogP contribution in [0.2, 0.25) is 0 Å². The topological polar surface area (TPSA) is 52.0 Å². The van der Waals surface area contributed by atoms with E-state index in [2.05, 4.69) is 15.3 Å². The van der Waals surface area contributed by atoms with Crippen molar-refractivity contribution in [1.29, 1.82) is 0 Å². The van der Waals surface area contributed by atoms with Crippen molar-refractivity contribution in [3.05, 3.63) is 42.1 Å². The number of imidazole rings is 1. The molecule has 0 radical (unpaired) electrons. The minimum atomic E-state index is 0.128. The van der Waals surface area contributed by atoms with E-state index in [0.29, 0.717) is 12.4 Å². The third-order valence-corrected chi connectivity index (χ3v) is 2.72. The van der Waals surface area contributed by atoms with Gasteiger partial charge < -0.3 is 14.6 Å². The van der Waals surface area contributed by atoms with Gasteiger partial charge in [-0.2, -0.15) is 0 Å². The summed E-state index contributed by atoms with van der Waals surface area (Å²) in [5.41, 5.74) is 1.06. The van der Waals surface area contributed by atoms with Crippen molar-refractivity contribution in [2.45, 2.75) is 33.0 Å². The minimum absolute atomic E-state index is 0.128. The molecule has 0 spiro atoms. The van der Waals surface area contributed by atoms with Gasteiger partial charge in [0.1, 0.15) is 5.82 Å². The fourth-order valence-corrected chi connectivity index (χ4v) is 1.76. The molecule has 102 valence electrons. The summed E-state index contributed by atoms with van der Waals surface area (Å²) < 4.78 is 7.69. The van der Waals surface area contributed by atoms with E-state index in [4.69, 9.17) is 4.74 Å². The first-order valence-corrected chi connectivity index (χ1v) is 6.44. The number of aromatic nitrogens is 3. The second-order valence-electron chi connectivity index (χ2n) is 4.69. The molecule has 0 amide bonds. The Hall–Kier alpha value is -1.88. The maximum atomic E-state index is 5.68. The van der Waals surface area contributed by atoms with E-state index in [1.165, 1.54) is 0 Å². The average molecular weight is 260 g/mol. The SMILES string of the molecule is CC(C)Oc1ncccc1CNCc1nccn1C. The van der Waals surface area contributed by atoms with Gasteiger partial charge in [0.15, 0.2) is 0 Å². The number of nitrogens with zero attached hydrogens (tertiary/aromatic N) is 3. The molecule has 2 aromatic rings. The zero-order chi connectivity index (χ0) is 13.7. The van der Waals surface area contributed by atoms with Crippen LogP contribution in [0.4, 0.5) is 0 Å². The van der Waals surface area contributed by atoms with Crippen molar-refractivity contribution in [1.82, 2.24) is 19.9 Å². The van der Waals surface area contributed by atoms with Gasteiger partial charge in [0, 0.05) is 37.7 Å². The zero-order valence-corrected chi connectivity index (χ0v) is 11.6. The maximum Gasteiger partial charge on any atom is 0.218 e. The Bertz CT molecular complexity index is 522. The van der Waals surface area contributed by atoms with Gasteiger partial charge in [0.05, 0.1) is 12.6 Å². The molecule has 2 aromatic heterocycles. The third kappa shape index (κ3) is 3.79. The smallest absolute Gasteiger partial charge is 0.218 e. The van der Waals surface area contributed by atoms with Crippen LogP contribution < -0.4 is 10.1 Å². The molecule has 0 saturated carbocycles. The molecule has 2 rings (SSSR count). The lowest BCUT2D eigenvalue weighted by molar-refractivity contribution is 0.229. The van der Waals surface area contributed by atoms with Gasteiger partial charge in [0.2, 0.25) is 5.88 Å². The summed E-state index contributed by atoms with van der Waals surface area (Å²) in [7, 11) is 1.99. The van der Waals surface area contributed by atoms with Crippen LogP contribution >= 0.6 is 0 Å². The number of aryl methyl sites for hydroxylation is 1. The Morgan fingerprint density at radius 2 is 2.11 bits per heavy atom. The van der Waals surface area contributed by atoms with E-state index in [0.717, 1.165) is 17.9 Å². The van der Waals surface area contributed by atoms with E-state index in [1.807, 2.05) is 43.8 Å². The lowest BCUT2D eigenvalue weighted by Gasteiger charge is -2.13. The fourth-order valence-electron chi connectivity index (χ4n) is 1.76. The highest BCUT2D eigenvalue weighted by molar-refractivity contribution is 5.25. The quantitative estimate of drug-likeness (QED) is 0.861. The van der Waals surface area contributed by atoms with Crippen molar-refractivity contribution < 1.29 is 4.74 Å². The first-order chi connectivity index (χ1) is 9.16. The van der Waals surface area contributed by atoms with Crippen LogP contribution in [0.15, 0.2) is 30.7 Å². The summed E-state index contributed by atoms with van der Waals surface area (Å²) in [6, 6.07) is 3.95. The van der Waals surface area contributed by atoms with E-state index in [9.17, 15) is 0 Å². The first-order valence-electron chi connectivity index (χ1n) is 6.44. The van der Waals surface area contributed by atoms with Crippen molar-refractivity contribution in [2.24, 2.45) is 7.05 Å². The Morgan fingerprint density at radius 1 is 1.26 bits per heavy atom. The monoisotopic (exact) mass is 260 g/mol. The Morgan fingerprint density at radius 3 is 2.79 bits per heavy atom. The molecular weight excluding hydrogens is 240 g/mol. The molecule has 0 unspecified atom stereocenters. The van der Waals surface area contributed by atoms with Crippen LogP contribution in [0.5, 0.6) is 5.88 Å². The lowest BCUT2D eigenvalue weighted by Crippen LogP contribution is -2.17. The largest absolute Gasteiger partial charge is 0.475 e. The number of ether oxygens (including phenoxy) is 1. The minimum Gasteiger partial charge on any atom is -0.475 e. The molecule has 0 atom stereocenters. The zero-order valence-electron chi connectivity index (χ0n) is 11.6. The summed E-state index contributed by atoms with van der Waals surface area (Å²) in [6.07, 6.45) is 5.62. The summed E-state index contributed by atoms with van der Waals surface area (Å²) >= 11 is 0. The van der Waals surface area contributed by atoms with Gasteiger partial charge >= 0.3 is 0 Å². The van der Waals surface area contributed by atoms with Gasteiger partial charge in [-0.1, -0.05) is 6.07 Å². The molecule has 0 aromatic carbocycles. The molecule has 2 heterocycles. The molecule has 0 fully saturated rings. The predicted molar refractivity (Wildman–Crippen MR) is 73.8 cm³/mol. The Labute approximate surface area is 113 Å². The summed E-state index contributed by atoms with van der Waals surface area (Å²) in [5.74, 6) is 1.71. The number of pyridine rings is 1. The van der Waals surface area contributed by atoms with Crippen LogP contribution in [0.25, 0.3) is 0 Å². The van der Waals surface area contributed by atoms with Gasteiger partial charge in [-0.05, 0) is 19.9 Å². The normalized spacial score (nSPS) is 10.9. The van der Waals surface area contributed by atoms with E-state index < -0.39 is 0 Å². The number of hydrogen-bond donors (Lipinski definition) is 1. The second-order valence-corrected chi connectivity index (χ2v) is 4.69. The highest BCUT2D eigenvalue weighted by Crippen LogP contribution is 2.15.